The molecule has 23 heavy (non-hydrogen) atoms. The molecule has 0 aliphatic carbocycles. The highest BCUT2D eigenvalue weighted by atomic mass is 35.5. The van der Waals surface area contributed by atoms with Crippen LogP contribution in [0.2, 0.25) is 5.02 Å². The van der Waals surface area contributed by atoms with Crippen molar-refractivity contribution in [3.63, 3.8) is 0 Å². The molecule has 1 heterocycles. The van der Waals surface area contributed by atoms with Crippen LogP contribution >= 0.6 is 11.6 Å². The molecular formula is C17H23ClN2O3. The minimum absolute atomic E-state index is 0.100. The molecule has 0 saturated carbocycles. The molecule has 126 valence electrons. The number of rotatable bonds is 3. The topological polar surface area (TPSA) is 78.4 Å². The fourth-order valence-electron chi connectivity index (χ4n) is 2.84. The van der Waals surface area contributed by atoms with Gasteiger partial charge >= 0.3 is 5.97 Å². The average molecular weight is 339 g/mol. The van der Waals surface area contributed by atoms with Crippen LogP contribution in [0, 0.1) is 5.41 Å². The maximum absolute atomic E-state index is 12.6. The molecule has 1 aliphatic heterocycles. The predicted molar refractivity (Wildman–Crippen MR) is 91.0 cm³/mol. The molecule has 0 atom stereocenters. The summed E-state index contributed by atoms with van der Waals surface area (Å²) in [7, 11) is 0. The smallest absolute Gasteiger partial charge is 0.319 e. The standard InChI is InChI=1S/C17H23ClN2O3/c1-16(2,3)12-5-4-11(10-13(12)18)20-14(21)17(15(22)23)6-8-19-9-7-17/h4-5,10,19H,6-9H2,1-3H3,(H,20,21)(H,22,23). The Morgan fingerprint density at radius 1 is 1.26 bits per heavy atom. The third-order valence-electron chi connectivity index (χ3n) is 4.34. The van der Waals surface area contributed by atoms with E-state index in [2.05, 4.69) is 31.4 Å². The summed E-state index contributed by atoms with van der Waals surface area (Å²) in [5, 5.41) is 15.9. The first-order chi connectivity index (χ1) is 10.7. The van der Waals surface area contributed by atoms with Crippen LogP contribution in [0.25, 0.3) is 0 Å². The molecule has 0 unspecified atom stereocenters. The van der Waals surface area contributed by atoms with Gasteiger partial charge in [-0.25, -0.2) is 0 Å². The zero-order valence-corrected chi connectivity index (χ0v) is 14.5. The molecule has 1 aromatic rings. The summed E-state index contributed by atoms with van der Waals surface area (Å²) in [5.41, 5.74) is 0.0244. The van der Waals surface area contributed by atoms with E-state index in [0.29, 0.717) is 23.8 Å². The number of piperidine rings is 1. The van der Waals surface area contributed by atoms with E-state index in [-0.39, 0.29) is 18.3 Å². The SMILES string of the molecule is CC(C)(C)c1ccc(NC(=O)C2(C(=O)O)CCNCC2)cc1Cl. The van der Waals surface area contributed by atoms with Crippen LogP contribution < -0.4 is 10.6 Å². The van der Waals surface area contributed by atoms with Crippen molar-refractivity contribution in [3.05, 3.63) is 28.8 Å². The molecule has 1 fully saturated rings. The fraction of sp³-hybridized carbons (Fsp3) is 0.529. The Morgan fingerprint density at radius 2 is 1.87 bits per heavy atom. The third-order valence-corrected chi connectivity index (χ3v) is 4.65. The Morgan fingerprint density at radius 3 is 2.35 bits per heavy atom. The number of carbonyl (C=O) groups excluding carboxylic acids is 1. The normalized spacial score (nSPS) is 17.6. The van der Waals surface area contributed by atoms with Gasteiger partial charge in [-0.05, 0) is 49.0 Å². The number of hydrogen-bond acceptors (Lipinski definition) is 3. The lowest BCUT2D eigenvalue weighted by Crippen LogP contribution is -2.50. The highest BCUT2D eigenvalue weighted by Crippen LogP contribution is 2.34. The molecular weight excluding hydrogens is 316 g/mol. The van der Waals surface area contributed by atoms with Gasteiger partial charge in [-0.1, -0.05) is 38.4 Å². The Labute approximate surface area is 141 Å². The number of anilines is 1. The van der Waals surface area contributed by atoms with Gasteiger partial charge in [-0.2, -0.15) is 0 Å². The van der Waals surface area contributed by atoms with Crippen molar-refractivity contribution in [2.75, 3.05) is 18.4 Å². The highest BCUT2D eigenvalue weighted by molar-refractivity contribution is 6.31. The number of hydrogen-bond donors (Lipinski definition) is 3. The first kappa shape index (κ1) is 17.8. The lowest BCUT2D eigenvalue weighted by atomic mass is 9.78. The zero-order valence-electron chi connectivity index (χ0n) is 13.7. The number of carboxylic acid groups (broad SMARTS) is 1. The summed E-state index contributed by atoms with van der Waals surface area (Å²) in [4.78, 5) is 24.2. The Balaban J connectivity index is 2.22. The second-order valence-corrected chi connectivity index (χ2v) is 7.44. The largest absolute Gasteiger partial charge is 0.480 e. The van der Waals surface area contributed by atoms with Crippen LogP contribution in [0.4, 0.5) is 5.69 Å². The molecule has 0 bridgehead atoms. The molecule has 3 N–H and O–H groups in total. The van der Waals surface area contributed by atoms with Gasteiger partial charge in [0, 0.05) is 10.7 Å². The monoisotopic (exact) mass is 338 g/mol. The van der Waals surface area contributed by atoms with E-state index in [1.807, 2.05) is 6.07 Å². The lowest BCUT2D eigenvalue weighted by molar-refractivity contribution is -0.155. The van der Waals surface area contributed by atoms with Gasteiger partial charge in [0.05, 0.1) is 0 Å². The minimum Gasteiger partial charge on any atom is -0.480 e. The van der Waals surface area contributed by atoms with Crippen LogP contribution in [0.3, 0.4) is 0 Å². The Hall–Kier alpha value is -1.59. The highest BCUT2D eigenvalue weighted by Gasteiger charge is 2.46. The predicted octanol–water partition coefficient (Wildman–Crippen LogP) is 3.03. The number of nitrogens with one attached hydrogen (secondary N) is 2. The van der Waals surface area contributed by atoms with Crippen molar-refractivity contribution in [3.8, 4) is 0 Å². The van der Waals surface area contributed by atoms with E-state index in [1.165, 1.54) is 0 Å². The van der Waals surface area contributed by atoms with Crippen molar-refractivity contribution in [1.82, 2.24) is 5.32 Å². The molecule has 0 spiro atoms. The van der Waals surface area contributed by atoms with E-state index in [0.717, 1.165) is 5.56 Å². The molecule has 5 nitrogen and oxygen atoms in total. The molecule has 1 amide bonds. The number of carboxylic acids is 1. The number of amides is 1. The van der Waals surface area contributed by atoms with Gasteiger partial charge < -0.3 is 15.7 Å². The lowest BCUT2D eigenvalue weighted by Gasteiger charge is -2.32. The summed E-state index contributed by atoms with van der Waals surface area (Å²) >= 11 is 6.30. The minimum atomic E-state index is -1.37. The van der Waals surface area contributed by atoms with Gasteiger partial charge in [0.1, 0.15) is 5.41 Å². The van der Waals surface area contributed by atoms with E-state index >= 15 is 0 Å². The van der Waals surface area contributed by atoms with Gasteiger partial charge in [0.2, 0.25) is 5.91 Å². The third kappa shape index (κ3) is 3.67. The number of halogens is 1. The summed E-state index contributed by atoms with van der Waals surface area (Å²) in [5.74, 6) is -1.56. The maximum atomic E-state index is 12.6. The van der Waals surface area contributed by atoms with Crippen LogP contribution in [0.1, 0.15) is 39.2 Å². The molecule has 0 aromatic heterocycles. The zero-order chi connectivity index (χ0) is 17.3. The van der Waals surface area contributed by atoms with Crippen molar-refractivity contribution in [2.24, 2.45) is 5.41 Å². The van der Waals surface area contributed by atoms with Gasteiger partial charge in [-0.3, -0.25) is 9.59 Å². The van der Waals surface area contributed by atoms with Gasteiger partial charge in [0.25, 0.3) is 0 Å². The van der Waals surface area contributed by atoms with E-state index < -0.39 is 17.3 Å². The van der Waals surface area contributed by atoms with Crippen LogP contribution in [0.15, 0.2) is 18.2 Å². The Bertz CT molecular complexity index is 617. The second kappa shape index (κ2) is 6.49. The molecule has 0 radical (unpaired) electrons. The van der Waals surface area contributed by atoms with E-state index in [9.17, 15) is 14.7 Å². The van der Waals surface area contributed by atoms with Crippen molar-refractivity contribution in [1.29, 1.82) is 0 Å². The van der Waals surface area contributed by atoms with Gasteiger partial charge in [-0.15, -0.1) is 0 Å². The summed E-state index contributed by atoms with van der Waals surface area (Å²) in [6, 6.07) is 5.31. The Kier molecular flexibility index (Phi) is 5.01. The first-order valence-electron chi connectivity index (χ1n) is 7.72. The fourth-order valence-corrected chi connectivity index (χ4v) is 3.31. The van der Waals surface area contributed by atoms with E-state index in [4.69, 9.17) is 11.6 Å². The second-order valence-electron chi connectivity index (χ2n) is 7.04. The van der Waals surface area contributed by atoms with Crippen molar-refractivity contribution in [2.45, 2.75) is 39.0 Å². The van der Waals surface area contributed by atoms with E-state index in [1.54, 1.807) is 12.1 Å². The van der Waals surface area contributed by atoms with Crippen LogP contribution in [-0.2, 0) is 15.0 Å². The molecule has 1 aromatic carbocycles. The summed E-state index contributed by atoms with van der Waals surface area (Å²) < 4.78 is 0. The first-order valence-corrected chi connectivity index (χ1v) is 8.10. The number of benzene rings is 1. The molecule has 1 aliphatic rings. The van der Waals surface area contributed by atoms with Crippen LogP contribution in [0.5, 0.6) is 0 Å². The maximum Gasteiger partial charge on any atom is 0.319 e. The summed E-state index contributed by atoms with van der Waals surface area (Å²) in [6.07, 6.45) is 0.559. The van der Waals surface area contributed by atoms with Crippen molar-refractivity contribution < 1.29 is 14.7 Å². The van der Waals surface area contributed by atoms with Crippen molar-refractivity contribution >= 4 is 29.2 Å². The average Bonchev–Trinajstić information content (AvgIpc) is 2.46. The molecule has 1 saturated heterocycles. The summed E-state index contributed by atoms with van der Waals surface area (Å²) in [6.45, 7) is 7.20. The molecule has 2 rings (SSSR count). The quantitative estimate of drug-likeness (QED) is 0.740. The number of carbonyl (C=O) groups is 2. The molecule has 6 heteroatoms. The van der Waals surface area contributed by atoms with Gasteiger partial charge in [0.15, 0.2) is 0 Å². The van der Waals surface area contributed by atoms with Crippen LogP contribution in [-0.4, -0.2) is 30.1 Å². The number of aliphatic carboxylic acids is 1.